The number of hydrogen-bond donors (Lipinski definition) is 2. The summed E-state index contributed by atoms with van der Waals surface area (Å²) in [6.45, 7) is 5.59. The molecule has 0 bridgehead atoms. The molecule has 214 valence electrons. The van der Waals surface area contributed by atoms with E-state index in [1.165, 1.54) is 28.1 Å². The SMILES string of the molecule is C=CCN1CC(=O)N2C(Cc3ccc(O)cc3)C(=O)N(Cc3cccc4c(C(=O)CC)cn(C)c34)CC2N1C(=O)O. The first-order valence-electron chi connectivity index (χ1n) is 13.5. The van der Waals surface area contributed by atoms with Crippen LogP contribution in [0.3, 0.4) is 0 Å². The Labute approximate surface area is 237 Å². The van der Waals surface area contributed by atoms with Gasteiger partial charge in [0.1, 0.15) is 18.0 Å². The molecule has 0 spiro atoms. The molecule has 0 radical (unpaired) electrons. The topological polar surface area (TPSA) is 127 Å². The second-order valence-corrected chi connectivity index (χ2v) is 10.4. The zero-order valence-electron chi connectivity index (χ0n) is 23.1. The van der Waals surface area contributed by atoms with Crippen molar-refractivity contribution in [2.45, 2.75) is 38.5 Å². The van der Waals surface area contributed by atoms with Gasteiger partial charge < -0.3 is 24.6 Å². The average molecular weight is 560 g/mol. The number of carbonyl (C=O) groups is 4. The van der Waals surface area contributed by atoms with E-state index in [0.717, 1.165) is 27.0 Å². The van der Waals surface area contributed by atoms with Gasteiger partial charge >= 0.3 is 6.09 Å². The van der Waals surface area contributed by atoms with Crippen molar-refractivity contribution in [2.24, 2.45) is 7.05 Å². The fourth-order valence-corrected chi connectivity index (χ4v) is 5.98. The Morgan fingerprint density at radius 1 is 1.12 bits per heavy atom. The summed E-state index contributed by atoms with van der Waals surface area (Å²) < 4.78 is 1.88. The van der Waals surface area contributed by atoms with Crippen molar-refractivity contribution in [3.8, 4) is 5.75 Å². The summed E-state index contributed by atoms with van der Waals surface area (Å²) in [4.78, 5) is 55.6. The molecule has 3 amide bonds. The Kier molecular flexibility index (Phi) is 7.55. The van der Waals surface area contributed by atoms with Crippen molar-refractivity contribution in [2.75, 3.05) is 19.6 Å². The van der Waals surface area contributed by atoms with Crippen molar-refractivity contribution in [1.29, 1.82) is 0 Å². The number of carboxylic acid groups (broad SMARTS) is 1. The number of benzene rings is 2. The molecule has 1 aromatic heterocycles. The maximum Gasteiger partial charge on any atom is 0.424 e. The minimum atomic E-state index is -1.24. The number of rotatable bonds is 8. The van der Waals surface area contributed by atoms with Gasteiger partial charge in [0.05, 0.1) is 18.6 Å². The number of piperazine rings is 1. The summed E-state index contributed by atoms with van der Waals surface area (Å²) in [6, 6.07) is 11.0. The van der Waals surface area contributed by atoms with Crippen LogP contribution in [0.1, 0.15) is 34.8 Å². The smallest absolute Gasteiger partial charge is 0.424 e. The third-order valence-electron chi connectivity index (χ3n) is 7.80. The van der Waals surface area contributed by atoms with Crippen LogP contribution in [-0.2, 0) is 29.6 Å². The lowest BCUT2D eigenvalue weighted by Gasteiger charge is -2.54. The highest BCUT2D eigenvalue weighted by Crippen LogP contribution is 2.31. The van der Waals surface area contributed by atoms with E-state index >= 15 is 0 Å². The molecule has 11 nitrogen and oxygen atoms in total. The van der Waals surface area contributed by atoms with Crippen LogP contribution in [0.15, 0.2) is 61.3 Å². The van der Waals surface area contributed by atoms with Crippen LogP contribution in [0.5, 0.6) is 5.75 Å². The first-order valence-corrected chi connectivity index (χ1v) is 13.5. The zero-order chi connectivity index (χ0) is 29.4. The van der Waals surface area contributed by atoms with Crippen molar-refractivity contribution in [1.82, 2.24) is 24.4 Å². The van der Waals surface area contributed by atoms with Gasteiger partial charge in [-0.3, -0.25) is 14.4 Å². The molecule has 3 heterocycles. The van der Waals surface area contributed by atoms with Crippen LogP contribution in [0.2, 0.25) is 0 Å². The summed E-state index contributed by atoms with van der Waals surface area (Å²) in [5.74, 6) is -0.558. The van der Waals surface area contributed by atoms with Crippen molar-refractivity contribution < 1.29 is 29.4 Å². The van der Waals surface area contributed by atoms with Crippen molar-refractivity contribution in [3.63, 3.8) is 0 Å². The third-order valence-corrected chi connectivity index (χ3v) is 7.80. The molecule has 2 aromatic carbocycles. The minimum absolute atomic E-state index is 0.0199. The summed E-state index contributed by atoms with van der Waals surface area (Å²) in [7, 11) is 1.85. The molecule has 2 aliphatic heterocycles. The lowest BCUT2D eigenvalue weighted by molar-refractivity contribution is -0.192. The summed E-state index contributed by atoms with van der Waals surface area (Å²) in [6.07, 6.45) is 1.66. The number of aryl methyl sites for hydroxylation is 1. The lowest BCUT2D eigenvalue weighted by atomic mass is 9.98. The van der Waals surface area contributed by atoms with E-state index in [2.05, 4.69) is 6.58 Å². The molecule has 2 N–H and O–H groups in total. The average Bonchev–Trinajstić information content (AvgIpc) is 3.28. The Bertz CT molecular complexity index is 1530. The predicted molar refractivity (Wildman–Crippen MR) is 151 cm³/mol. The monoisotopic (exact) mass is 559 g/mol. The molecule has 3 aromatic rings. The molecular formula is C30H33N5O6. The number of hydrazine groups is 1. The van der Waals surface area contributed by atoms with Gasteiger partial charge in [-0.1, -0.05) is 43.3 Å². The van der Waals surface area contributed by atoms with Crippen LogP contribution >= 0.6 is 0 Å². The fraction of sp³-hybridized carbons (Fsp3) is 0.333. The van der Waals surface area contributed by atoms with Gasteiger partial charge in [-0.15, -0.1) is 6.58 Å². The highest BCUT2D eigenvalue weighted by Gasteiger charge is 2.51. The molecule has 2 unspecified atom stereocenters. The number of aromatic nitrogens is 1. The highest BCUT2D eigenvalue weighted by molar-refractivity contribution is 6.08. The highest BCUT2D eigenvalue weighted by atomic mass is 16.4. The standard InChI is InChI=1S/C30H33N5O6/c1-4-13-33-18-27(38)34-24(14-19-9-11-21(36)12-10-19)29(39)32(17-26(34)35(33)30(40)41)15-20-7-6-8-22-23(25(37)5-2)16-31(3)28(20)22/h4,6-12,16,24,26,36H,1,5,13-15,17-18H2,2-3H3,(H,40,41). The Hall–Kier alpha value is -4.64. The van der Waals surface area contributed by atoms with E-state index in [9.17, 15) is 29.4 Å². The number of amides is 3. The van der Waals surface area contributed by atoms with Crippen LogP contribution in [0.25, 0.3) is 10.9 Å². The Morgan fingerprint density at radius 2 is 1.85 bits per heavy atom. The molecule has 2 saturated heterocycles. The number of ketones is 1. The molecule has 0 aliphatic carbocycles. The van der Waals surface area contributed by atoms with E-state index in [1.54, 1.807) is 23.2 Å². The van der Waals surface area contributed by atoms with Crippen molar-refractivity contribution in [3.05, 3.63) is 78.0 Å². The molecular weight excluding hydrogens is 526 g/mol. The van der Waals surface area contributed by atoms with Crippen LogP contribution in [-0.4, -0.2) is 90.1 Å². The summed E-state index contributed by atoms with van der Waals surface area (Å²) >= 11 is 0. The minimum Gasteiger partial charge on any atom is -0.508 e. The van der Waals surface area contributed by atoms with E-state index in [1.807, 2.05) is 36.7 Å². The van der Waals surface area contributed by atoms with Gasteiger partial charge in [-0.2, -0.15) is 0 Å². The molecule has 2 aliphatic rings. The Balaban J connectivity index is 1.56. The number of aromatic hydroxyl groups is 1. The number of Topliss-reactive ketones (excluding diaryl/α,β-unsaturated/α-hetero) is 1. The molecule has 2 atom stereocenters. The van der Waals surface area contributed by atoms with Crippen LogP contribution in [0, 0.1) is 0 Å². The maximum atomic E-state index is 14.1. The van der Waals surface area contributed by atoms with E-state index in [0.29, 0.717) is 12.0 Å². The predicted octanol–water partition coefficient (Wildman–Crippen LogP) is 2.98. The van der Waals surface area contributed by atoms with Gasteiger partial charge in [0.2, 0.25) is 11.8 Å². The van der Waals surface area contributed by atoms with Gasteiger partial charge in [0.25, 0.3) is 0 Å². The molecule has 41 heavy (non-hydrogen) atoms. The van der Waals surface area contributed by atoms with E-state index < -0.39 is 18.3 Å². The van der Waals surface area contributed by atoms with Gasteiger partial charge in [-0.05, 0) is 23.3 Å². The second kappa shape index (κ2) is 11.1. The normalized spacial score (nSPS) is 19.5. The Morgan fingerprint density at radius 3 is 2.51 bits per heavy atom. The number of hydrogen-bond acceptors (Lipinski definition) is 6. The zero-order valence-corrected chi connectivity index (χ0v) is 23.1. The summed E-state index contributed by atoms with van der Waals surface area (Å²) in [5, 5.41) is 23.3. The number of nitrogens with zero attached hydrogens (tertiary/aromatic N) is 5. The number of para-hydroxylation sites is 1. The lowest BCUT2D eigenvalue weighted by Crippen LogP contribution is -2.75. The first kappa shape index (κ1) is 27.9. The van der Waals surface area contributed by atoms with Gasteiger partial charge in [-0.25, -0.2) is 14.8 Å². The van der Waals surface area contributed by atoms with Crippen LogP contribution in [0.4, 0.5) is 4.79 Å². The van der Waals surface area contributed by atoms with Gasteiger partial charge in [0, 0.05) is 50.1 Å². The molecule has 5 rings (SSSR count). The van der Waals surface area contributed by atoms with E-state index in [-0.39, 0.29) is 55.9 Å². The molecule has 0 saturated carbocycles. The number of carbonyl (C=O) groups excluding carboxylic acids is 3. The van der Waals surface area contributed by atoms with Crippen LogP contribution < -0.4 is 0 Å². The largest absolute Gasteiger partial charge is 0.508 e. The summed E-state index contributed by atoms with van der Waals surface area (Å²) in [5.41, 5.74) is 2.95. The second-order valence-electron chi connectivity index (χ2n) is 10.4. The molecule has 2 fully saturated rings. The molecule has 11 heteroatoms. The fourth-order valence-electron chi connectivity index (χ4n) is 5.98. The number of phenols is 1. The van der Waals surface area contributed by atoms with E-state index in [4.69, 9.17) is 0 Å². The number of phenolic OH excluding ortho intramolecular Hbond substituents is 1. The number of fused-ring (bicyclic) bond motifs is 2. The first-order chi connectivity index (χ1) is 19.6. The maximum absolute atomic E-state index is 14.1. The van der Waals surface area contributed by atoms with Crippen molar-refractivity contribution >= 4 is 34.6 Å². The third kappa shape index (κ3) is 5.04. The van der Waals surface area contributed by atoms with Gasteiger partial charge in [0.15, 0.2) is 5.78 Å². The quantitative estimate of drug-likeness (QED) is 0.321.